The number of carbonyl (C=O) groups is 2. The van der Waals surface area contributed by atoms with E-state index in [4.69, 9.17) is 46.4 Å². The van der Waals surface area contributed by atoms with Gasteiger partial charge in [0.15, 0.2) is 0 Å². The second-order valence-electron chi connectivity index (χ2n) is 15.0. The molecule has 8 nitrogen and oxygen atoms in total. The Balaban J connectivity index is 0.000000195. The molecule has 2 saturated heterocycles. The Hall–Kier alpha value is -5.16. The van der Waals surface area contributed by atoms with Gasteiger partial charge in [0.05, 0.1) is 42.3 Å². The van der Waals surface area contributed by atoms with Gasteiger partial charge in [0.25, 0.3) is 11.8 Å². The number of halogens is 12. The Morgan fingerprint density at radius 3 is 1.62 bits per heavy atom. The number of pyridine rings is 2. The maximum absolute atomic E-state index is 14.1. The fraction of sp³-hybridized carbons (Fsp3) is 0.273. The summed E-state index contributed by atoms with van der Waals surface area (Å²) < 4.78 is 109. The van der Waals surface area contributed by atoms with Crippen LogP contribution in [0.5, 0.6) is 0 Å². The fourth-order valence-electron chi connectivity index (χ4n) is 7.72. The summed E-state index contributed by atoms with van der Waals surface area (Å²) >= 11 is 24.1. The minimum atomic E-state index is -5.01. The maximum Gasteiger partial charge on any atom is 0.417 e. The minimum Gasteiger partial charge on any atom is -0.356 e. The first kappa shape index (κ1) is 46.8. The van der Waals surface area contributed by atoms with Gasteiger partial charge in [-0.25, -0.2) is 18.7 Å². The molecule has 2 aliphatic heterocycles. The van der Waals surface area contributed by atoms with Crippen LogP contribution >= 0.6 is 46.4 Å². The summed E-state index contributed by atoms with van der Waals surface area (Å²) in [6.07, 6.45) is -5.14. The summed E-state index contributed by atoms with van der Waals surface area (Å²) in [4.78, 5) is 37.1. The summed E-state index contributed by atoms with van der Waals surface area (Å²) in [6.45, 7) is 1.66. The molecule has 8 rings (SSSR count). The van der Waals surface area contributed by atoms with Crippen molar-refractivity contribution >= 4 is 91.4 Å². The van der Waals surface area contributed by atoms with Crippen molar-refractivity contribution in [1.29, 1.82) is 0 Å². The van der Waals surface area contributed by atoms with Gasteiger partial charge in [0, 0.05) is 72.9 Å². The van der Waals surface area contributed by atoms with Crippen LogP contribution in [0.1, 0.15) is 57.5 Å². The van der Waals surface area contributed by atoms with Gasteiger partial charge >= 0.3 is 12.4 Å². The highest BCUT2D eigenvalue weighted by Gasteiger charge is 2.40. The first-order valence-electron chi connectivity index (χ1n) is 19.6. The normalized spacial score (nSPS) is 15.2. The lowest BCUT2D eigenvalue weighted by molar-refractivity contribution is -0.142. The molecule has 0 bridgehead atoms. The Morgan fingerprint density at radius 2 is 1.11 bits per heavy atom. The van der Waals surface area contributed by atoms with Crippen LogP contribution in [0, 0.1) is 11.6 Å². The summed E-state index contributed by atoms with van der Waals surface area (Å²) in [5.74, 6) is -1.45. The van der Waals surface area contributed by atoms with Gasteiger partial charge in [0.1, 0.15) is 23.3 Å². The van der Waals surface area contributed by atoms with Gasteiger partial charge in [-0.2, -0.15) is 26.3 Å². The largest absolute Gasteiger partial charge is 0.417 e. The molecule has 2 aliphatic rings. The molecule has 336 valence electrons. The van der Waals surface area contributed by atoms with E-state index in [-0.39, 0.29) is 74.4 Å². The molecule has 2 aromatic heterocycles. The van der Waals surface area contributed by atoms with Crippen molar-refractivity contribution in [3.05, 3.63) is 139 Å². The van der Waals surface area contributed by atoms with E-state index in [9.17, 15) is 44.7 Å². The molecule has 64 heavy (non-hydrogen) atoms. The highest BCUT2D eigenvalue weighted by atomic mass is 35.5. The maximum atomic E-state index is 14.1. The van der Waals surface area contributed by atoms with Gasteiger partial charge in [-0.05, 0) is 85.7 Å². The molecule has 0 radical (unpaired) electrons. The predicted octanol–water partition coefficient (Wildman–Crippen LogP) is 12.2. The number of hydrogen-bond donors (Lipinski definition) is 2. The SMILES string of the molecule is O=C(NC1CCN(c2nccc3c(F)cc(F)cc23)CC1)c1cccc(Cl)c1Cl.O=C(NC1CCN(c2nccc3cc(C(F)(F)F)cc(C(F)(F)F)c23)CC1)c1cccc(Cl)c1Cl. The monoisotopic (exact) mass is 970 g/mol. The first-order valence-corrected chi connectivity index (χ1v) is 21.1. The standard InChI is InChI=1S/C23H17Cl2F6N3O.C21H17Cl2F2N3O/c24-17-3-1-2-15(19(17)25)21(35)33-14-5-8-34(9-6-14)20-18-12(4-7-32-20)10-13(22(26,27)28)11-16(18)23(29,30)31;22-17-3-1-2-15(19(17)23)21(29)27-13-5-8-28(9-6-13)20-16-10-12(24)11-18(25)14(16)4-7-26-20/h1-4,7,10-11,14H,5-6,8-9H2,(H,33,35);1-4,7,10-11,13H,5-6,8-9H2,(H,27,29). The number of anilines is 2. The van der Waals surface area contributed by atoms with Crippen LogP contribution in [0.3, 0.4) is 0 Å². The third-order valence-electron chi connectivity index (χ3n) is 10.9. The predicted molar refractivity (Wildman–Crippen MR) is 232 cm³/mol. The van der Waals surface area contributed by atoms with Crippen LogP contribution in [-0.4, -0.2) is 60.0 Å². The van der Waals surface area contributed by atoms with Crippen molar-refractivity contribution in [3.8, 4) is 0 Å². The van der Waals surface area contributed by atoms with E-state index >= 15 is 0 Å². The second kappa shape index (κ2) is 19.1. The zero-order valence-electron chi connectivity index (χ0n) is 33.0. The van der Waals surface area contributed by atoms with Crippen molar-refractivity contribution in [3.63, 3.8) is 0 Å². The summed E-state index contributed by atoms with van der Waals surface area (Å²) in [6, 6.07) is 14.9. The van der Waals surface area contributed by atoms with E-state index in [1.807, 2.05) is 4.90 Å². The van der Waals surface area contributed by atoms with Crippen LogP contribution < -0.4 is 20.4 Å². The van der Waals surface area contributed by atoms with Crippen molar-refractivity contribution in [2.75, 3.05) is 36.0 Å². The summed E-state index contributed by atoms with van der Waals surface area (Å²) in [5, 5.41) is 6.90. The van der Waals surface area contributed by atoms with E-state index < -0.39 is 41.0 Å². The third-order valence-corrected chi connectivity index (χ3v) is 12.5. The van der Waals surface area contributed by atoms with Crippen LogP contribution in [0.2, 0.25) is 20.1 Å². The quantitative estimate of drug-likeness (QED) is 0.162. The van der Waals surface area contributed by atoms with Crippen molar-refractivity contribution < 1.29 is 44.7 Å². The van der Waals surface area contributed by atoms with Crippen LogP contribution in [0.25, 0.3) is 21.5 Å². The number of rotatable bonds is 6. The molecule has 0 atom stereocenters. The average molecular weight is 973 g/mol. The van der Waals surface area contributed by atoms with Gasteiger partial charge in [-0.15, -0.1) is 0 Å². The number of alkyl halides is 6. The van der Waals surface area contributed by atoms with E-state index in [2.05, 4.69) is 20.6 Å². The smallest absolute Gasteiger partial charge is 0.356 e. The van der Waals surface area contributed by atoms with E-state index in [1.165, 1.54) is 30.6 Å². The van der Waals surface area contributed by atoms with Crippen molar-refractivity contribution in [2.24, 2.45) is 0 Å². The molecule has 2 amide bonds. The third kappa shape index (κ3) is 10.4. The molecule has 4 heterocycles. The second-order valence-corrected chi connectivity index (χ2v) is 16.6. The van der Waals surface area contributed by atoms with Crippen LogP contribution in [-0.2, 0) is 12.4 Å². The molecule has 0 aliphatic carbocycles. The van der Waals surface area contributed by atoms with Crippen molar-refractivity contribution in [2.45, 2.75) is 50.1 Å². The first-order chi connectivity index (χ1) is 30.3. The number of benzene rings is 4. The highest BCUT2D eigenvalue weighted by molar-refractivity contribution is 6.44. The lowest BCUT2D eigenvalue weighted by atomic mass is 9.99. The Morgan fingerprint density at radius 1 is 0.609 bits per heavy atom. The molecular weight excluding hydrogens is 938 g/mol. The Bertz CT molecular complexity index is 2730. The summed E-state index contributed by atoms with van der Waals surface area (Å²) in [5.41, 5.74) is -2.23. The number of aromatic nitrogens is 2. The number of nitrogens with zero attached hydrogens (tertiary/aromatic N) is 4. The fourth-order valence-corrected chi connectivity index (χ4v) is 8.50. The van der Waals surface area contributed by atoms with E-state index in [0.717, 1.165) is 12.1 Å². The topological polar surface area (TPSA) is 90.5 Å². The highest BCUT2D eigenvalue weighted by Crippen LogP contribution is 2.43. The molecule has 0 unspecified atom stereocenters. The molecule has 4 aromatic carbocycles. The molecule has 2 fully saturated rings. The number of carbonyl (C=O) groups excluding carboxylic acids is 2. The Labute approximate surface area is 380 Å². The van der Waals surface area contributed by atoms with Gasteiger partial charge in [-0.1, -0.05) is 58.5 Å². The number of nitrogens with one attached hydrogen (secondary N) is 2. The van der Waals surface area contributed by atoms with Gasteiger partial charge < -0.3 is 20.4 Å². The molecule has 20 heteroatoms. The zero-order chi connectivity index (χ0) is 46.1. The van der Waals surface area contributed by atoms with Crippen LogP contribution in [0.4, 0.5) is 46.8 Å². The number of hydrogen-bond acceptors (Lipinski definition) is 6. The summed E-state index contributed by atoms with van der Waals surface area (Å²) in [7, 11) is 0. The molecule has 2 N–H and O–H groups in total. The number of fused-ring (bicyclic) bond motifs is 2. The van der Waals surface area contributed by atoms with E-state index in [0.29, 0.717) is 72.0 Å². The number of amides is 2. The average Bonchev–Trinajstić information content (AvgIpc) is 3.25. The number of piperidine rings is 2. The Kier molecular flexibility index (Phi) is 14.0. The minimum absolute atomic E-state index is 0.0442. The lowest BCUT2D eigenvalue weighted by Gasteiger charge is -2.34. The van der Waals surface area contributed by atoms with Gasteiger partial charge in [-0.3, -0.25) is 9.59 Å². The van der Waals surface area contributed by atoms with Gasteiger partial charge in [0.2, 0.25) is 0 Å². The molecule has 0 spiro atoms. The molecule has 0 saturated carbocycles. The van der Waals surface area contributed by atoms with Crippen LogP contribution in [0.15, 0.2) is 85.2 Å². The zero-order valence-corrected chi connectivity index (χ0v) is 36.1. The van der Waals surface area contributed by atoms with Crippen molar-refractivity contribution in [1.82, 2.24) is 20.6 Å². The molecular formula is C44H34Cl4F8N6O2. The lowest BCUT2D eigenvalue weighted by Crippen LogP contribution is -2.45. The van der Waals surface area contributed by atoms with E-state index in [1.54, 1.807) is 35.2 Å². The molecule has 6 aromatic rings.